The molecular weight excluding hydrogens is 308 g/mol. The molecule has 1 aromatic rings. The summed E-state index contributed by atoms with van der Waals surface area (Å²) < 4.78 is 0. The maximum atomic E-state index is 11.5. The van der Waals surface area contributed by atoms with Crippen molar-refractivity contribution in [2.75, 3.05) is 39.3 Å². The van der Waals surface area contributed by atoms with Crippen LogP contribution in [0.3, 0.4) is 0 Å². The summed E-state index contributed by atoms with van der Waals surface area (Å²) in [6.45, 7) is 15.3. The van der Waals surface area contributed by atoms with Crippen LogP contribution >= 0.6 is 11.3 Å². The molecule has 2 heterocycles. The highest BCUT2D eigenvalue weighted by molar-refractivity contribution is 7.09. The summed E-state index contributed by atoms with van der Waals surface area (Å²) in [5, 5.41) is 6.27. The Morgan fingerprint density at radius 3 is 2.48 bits per heavy atom. The third-order valence-electron chi connectivity index (χ3n) is 4.07. The predicted molar refractivity (Wildman–Crippen MR) is 95.8 cm³/mol. The second kappa shape index (κ2) is 8.22. The van der Waals surface area contributed by atoms with Crippen molar-refractivity contribution in [3.05, 3.63) is 16.1 Å². The zero-order valence-electron chi connectivity index (χ0n) is 14.9. The molecule has 1 fully saturated rings. The van der Waals surface area contributed by atoms with Crippen molar-refractivity contribution in [2.24, 2.45) is 0 Å². The molecule has 0 radical (unpaired) electrons. The third-order valence-corrected chi connectivity index (χ3v) is 5.39. The summed E-state index contributed by atoms with van der Waals surface area (Å²) in [4.78, 5) is 21.1. The molecule has 0 aromatic carbocycles. The van der Waals surface area contributed by atoms with Gasteiger partial charge in [0.25, 0.3) is 0 Å². The zero-order valence-corrected chi connectivity index (χ0v) is 15.7. The molecule has 0 spiro atoms. The molecule has 1 aliphatic heterocycles. The molecule has 5 nitrogen and oxygen atoms in total. The van der Waals surface area contributed by atoms with E-state index in [0.717, 1.165) is 45.8 Å². The van der Waals surface area contributed by atoms with E-state index in [1.54, 1.807) is 11.3 Å². The van der Waals surface area contributed by atoms with Crippen LogP contribution in [0.1, 0.15) is 44.8 Å². The minimum Gasteiger partial charge on any atom is -0.356 e. The molecule has 1 aromatic heterocycles. The number of hydrogen-bond donors (Lipinski definition) is 1. The number of carbonyl (C=O) groups is 1. The normalized spacial score (nSPS) is 17.4. The Morgan fingerprint density at radius 1 is 1.26 bits per heavy atom. The molecule has 6 heteroatoms. The Kier molecular flexibility index (Phi) is 6.56. The number of aromatic nitrogens is 1. The van der Waals surface area contributed by atoms with Gasteiger partial charge in [0.15, 0.2) is 0 Å². The molecule has 0 atom stereocenters. The van der Waals surface area contributed by atoms with Crippen molar-refractivity contribution in [2.45, 2.75) is 46.1 Å². The van der Waals surface area contributed by atoms with Crippen LogP contribution in [-0.4, -0.2) is 60.0 Å². The SMILES string of the molecule is CCNC(=O)CCN1CCN(Cc2csc(C(C)(C)C)n2)CC1. The number of rotatable bonds is 6. The third kappa shape index (κ3) is 5.86. The van der Waals surface area contributed by atoms with Gasteiger partial charge in [0.1, 0.15) is 0 Å². The molecule has 0 unspecified atom stereocenters. The van der Waals surface area contributed by atoms with E-state index in [2.05, 4.69) is 41.3 Å². The molecule has 1 aliphatic rings. The molecule has 0 saturated carbocycles. The largest absolute Gasteiger partial charge is 0.356 e. The molecule has 23 heavy (non-hydrogen) atoms. The van der Waals surface area contributed by atoms with Crippen LogP contribution in [0.15, 0.2) is 5.38 Å². The molecule has 2 rings (SSSR count). The topological polar surface area (TPSA) is 48.5 Å². The summed E-state index contributed by atoms with van der Waals surface area (Å²) in [5.74, 6) is 0.159. The number of thiazole rings is 1. The minimum absolute atomic E-state index is 0.140. The van der Waals surface area contributed by atoms with Crippen LogP contribution < -0.4 is 5.32 Å². The van der Waals surface area contributed by atoms with Crippen molar-refractivity contribution in [3.63, 3.8) is 0 Å². The van der Waals surface area contributed by atoms with Crippen LogP contribution in [0.4, 0.5) is 0 Å². The summed E-state index contributed by atoms with van der Waals surface area (Å²) in [6.07, 6.45) is 0.606. The summed E-state index contributed by atoms with van der Waals surface area (Å²) in [6, 6.07) is 0. The summed E-state index contributed by atoms with van der Waals surface area (Å²) in [5.41, 5.74) is 1.33. The van der Waals surface area contributed by atoms with Gasteiger partial charge in [-0.3, -0.25) is 9.69 Å². The Morgan fingerprint density at radius 2 is 1.91 bits per heavy atom. The van der Waals surface area contributed by atoms with Gasteiger partial charge in [0.2, 0.25) is 5.91 Å². The highest BCUT2D eigenvalue weighted by atomic mass is 32.1. The van der Waals surface area contributed by atoms with Crippen molar-refractivity contribution in [1.82, 2.24) is 20.1 Å². The fourth-order valence-electron chi connectivity index (χ4n) is 2.67. The van der Waals surface area contributed by atoms with Crippen molar-refractivity contribution in [3.8, 4) is 0 Å². The highest BCUT2D eigenvalue weighted by Crippen LogP contribution is 2.26. The Balaban J connectivity index is 1.72. The zero-order chi connectivity index (χ0) is 16.9. The molecular formula is C17H30N4OS. The van der Waals surface area contributed by atoms with Crippen LogP contribution in [0.2, 0.25) is 0 Å². The Labute approximate surface area is 144 Å². The fraction of sp³-hybridized carbons (Fsp3) is 0.765. The quantitative estimate of drug-likeness (QED) is 0.863. The lowest BCUT2D eigenvalue weighted by atomic mass is 9.98. The first-order valence-corrected chi connectivity index (χ1v) is 9.42. The minimum atomic E-state index is 0.140. The monoisotopic (exact) mass is 338 g/mol. The number of nitrogens with one attached hydrogen (secondary N) is 1. The number of carbonyl (C=O) groups excluding carboxylic acids is 1. The van der Waals surface area contributed by atoms with Crippen molar-refractivity contribution < 1.29 is 4.79 Å². The van der Waals surface area contributed by atoms with E-state index in [1.807, 2.05) is 6.92 Å². The average Bonchev–Trinajstić information content (AvgIpc) is 2.96. The van der Waals surface area contributed by atoms with Crippen LogP contribution in [0.5, 0.6) is 0 Å². The first-order chi connectivity index (χ1) is 10.9. The first-order valence-electron chi connectivity index (χ1n) is 8.54. The average molecular weight is 339 g/mol. The maximum absolute atomic E-state index is 11.5. The van der Waals surface area contributed by atoms with E-state index in [4.69, 9.17) is 4.98 Å². The lowest BCUT2D eigenvalue weighted by Gasteiger charge is -2.34. The van der Waals surface area contributed by atoms with Gasteiger partial charge in [-0.25, -0.2) is 4.98 Å². The first kappa shape index (κ1) is 18.4. The molecule has 0 aliphatic carbocycles. The second-order valence-corrected chi connectivity index (χ2v) is 8.07. The van der Waals surface area contributed by atoms with E-state index in [0.29, 0.717) is 6.42 Å². The number of nitrogens with zero attached hydrogens (tertiary/aromatic N) is 3. The van der Waals surface area contributed by atoms with Crippen LogP contribution in [0.25, 0.3) is 0 Å². The Hall–Kier alpha value is -0.980. The standard InChI is InChI=1S/C17H30N4OS/c1-5-18-15(22)6-7-20-8-10-21(11-9-20)12-14-13-23-16(19-14)17(2,3)4/h13H,5-12H2,1-4H3,(H,18,22). The van der Waals surface area contributed by atoms with Gasteiger partial charge in [-0.2, -0.15) is 0 Å². The van der Waals surface area contributed by atoms with E-state index >= 15 is 0 Å². The van der Waals surface area contributed by atoms with Gasteiger partial charge in [-0.05, 0) is 6.92 Å². The van der Waals surface area contributed by atoms with Crippen LogP contribution in [-0.2, 0) is 16.8 Å². The number of hydrogen-bond acceptors (Lipinski definition) is 5. The van der Waals surface area contributed by atoms with Gasteiger partial charge in [-0.15, -0.1) is 11.3 Å². The van der Waals surface area contributed by atoms with Gasteiger partial charge < -0.3 is 10.2 Å². The van der Waals surface area contributed by atoms with E-state index in [9.17, 15) is 4.79 Å². The molecule has 130 valence electrons. The number of amides is 1. The molecule has 1 saturated heterocycles. The summed E-state index contributed by atoms with van der Waals surface area (Å²) >= 11 is 1.77. The highest BCUT2D eigenvalue weighted by Gasteiger charge is 2.21. The van der Waals surface area contributed by atoms with Gasteiger partial charge >= 0.3 is 0 Å². The molecule has 1 amide bonds. The Bertz CT molecular complexity index is 501. The fourth-order valence-corrected chi connectivity index (χ4v) is 3.57. The summed E-state index contributed by atoms with van der Waals surface area (Å²) in [7, 11) is 0. The van der Waals surface area contributed by atoms with Crippen LogP contribution in [0, 0.1) is 0 Å². The second-order valence-electron chi connectivity index (χ2n) is 7.22. The van der Waals surface area contributed by atoms with Gasteiger partial charge in [-0.1, -0.05) is 20.8 Å². The lowest BCUT2D eigenvalue weighted by Crippen LogP contribution is -2.46. The predicted octanol–water partition coefficient (Wildman–Crippen LogP) is 2.08. The van der Waals surface area contributed by atoms with E-state index in [-0.39, 0.29) is 11.3 Å². The molecule has 0 bridgehead atoms. The van der Waals surface area contributed by atoms with E-state index < -0.39 is 0 Å². The van der Waals surface area contributed by atoms with Crippen molar-refractivity contribution >= 4 is 17.2 Å². The van der Waals surface area contributed by atoms with Gasteiger partial charge in [0, 0.05) is 63.0 Å². The van der Waals surface area contributed by atoms with E-state index in [1.165, 1.54) is 10.7 Å². The van der Waals surface area contributed by atoms with Crippen molar-refractivity contribution in [1.29, 1.82) is 0 Å². The maximum Gasteiger partial charge on any atom is 0.221 e. The smallest absolute Gasteiger partial charge is 0.221 e. The number of piperazine rings is 1. The molecule has 1 N–H and O–H groups in total. The van der Waals surface area contributed by atoms with Gasteiger partial charge in [0.05, 0.1) is 10.7 Å². The lowest BCUT2D eigenvalue weighted by molar-refractivity contribution is -0.121.